The number of hydrogen-bond donors (Lipinski definition) is 2. The number of benzene rings is 1. The summed E-state index contributed by atoms with van der Waals surface area (Å²) in [6, 6.07) is 2.29. The Labute approximate surface area is 120 Å². The maximum atomic E-state index is 13.5. The molecule has 0 aliphatic carbocycles. The fourth-order valence-corrected chi connectivity index (χ4v) is 2.61. The van der Waals surface area contributed by atoms with Crippen LogP contribution >= 0.6 is 0 Å². The summed E-state index contributed by atoms with van der Waals surface area (Å²) in [5.74, 6) is -1.07. The summed E-state index contributed by atoms with van der Waals surface area (Å²) in [4.78, 5) is 9.01. The van der Waals surface area contributed by atoms with Crippen LogP contribution in [0.5, 0.6) is 0 Å². The van der Waals surface area contributed by atoms with E-state index in [2.05, 4.69) is 4.72 Å². The van der Waals surface area contributed by atoms with Crippen LogP contribution in [0, 0.1) is 15.9 Å². The lowest BCUT2D eigenvalue weighted by atomic mass is 10.3. The lowest BCUT2D eigenvalue weighted by molar-refractivity contribution is -0.385. The summed E-state index contributed by atoms with van der Waals surface area (Å²) in [5, 5.41) is 19.1. The zero-order chi connectivity index (χ0) is 15.9. The van der Waals surface area contributed by atoms with Crippen LogP contribution in [0.4, 0.5) is 10.1 Å². The molecule has 1 aromatic rings. The van der Waals surface area contributed by atoms with E-state index in [9.17, 15) is 22.9 Å². The number of nitro benzene ring substituents is 1. The number of halogens is 1. The third kappa shape index (κ3) is 5.34. The molecule has 0 unspecified atom stereocenters. The molecule has 0 heterocycles. The van der Waals surface area contributed by atoms with Gasteiger partial charge in [0.05, 0.1) is 18.1 Å². The van der Waals surface area contributed by atoms with Crippen LogP contribution in [0.1, 0.15) is 6.42 Å². The summed E-state index contributed by atoms with van der Waals surface area (Å²) in [7, 11) is -4.17. The number of aliphatic hydroxyl groups is 1. The van der Waals surface area contributed by atoms with Crippen molar-refractivity contribution in [3.05, 3.63) is 34.1 Å². The minimum atomic E-state index is -4.17. The monoisotopic (exact) mass is 322 g/mol. The highest BCUT2D eigenvalue weighted by atomic mass is 32.2. The maximum absolute atomic E-state index is 13.5. The number of aliphatic hydroxyl groups excluding tert-OH is 1. The Morgan fingerprint density at radius 2 is 2.10 bits per heavy atom. The number of ether oxygens (including phenoxy) is 1. The quantitative estimate of drug-likeness (QED) is 0.386. The number of nitrogens with one attached hydrogen (secondary N) is 1. The highest BCUT2D eigenvalue weighted by Gasteiger charge is 2.22. The van der Waals surface area contributed by atoms with Gasteiger partial charge in [0.1, 0.15) is 10.7 Å². The molecule has 0 fully saturated rings. The molecule has 0 radical (unpaired) electrons. The highest BCUT2D eigenvalue weighted by Crippen LogP contribution is 2.20. The first-order chi connectivity index (χ1) is 9.88. The second kappa shape index (κ2) is 7.98. The van der Waals surface area contributed by atoms with Gasteiger partial charge in [-0.15, -0.1) is 0 Å². The van der Waals surface area contributed by atoms with Gasteiger partial charge in [0.25, 0.3) is 5.69 Å². The molecule has 118 valence electrons. The van der Waals surface area contributed by atoms with Crippen molar-refractivity contribution in [2.24, 2.45) is 0 Å². The molecule has 0 atom stereocenters. The molecule has 0 spiro atoms. The molecule has 10 heteroatoms. The normalized spacial score (nSPS) is 11.5. The highest BCUT2D eigenvalue weighted by molar-refractivity contribution is 7.89. The van der Waals surface area contributed by atoms with Crippen LogP contribution in [0.25, 0.3) is 0 Å². The van der Waals surface area contributed by atoms with Crippen LogP contribution in [0.2, 0.25) is 0 Å². The first-order valence-electron chi connectivity index (χ1n) is 6.00. The molecule has 0 aliphatic heterocycles. The topological polar surface area (TPSA) is 119 Å². The minimum Gasteiger partial charge on any atom is -0.394 e. The van der Waals surface area contributed by atoms with E-state index < -0.39 is 31.3 Å². The van der Waals surface area contributed by atoms with Crippen molar-refractivity contribution in [1.29, 1.82) is 0 Å². The van der Waals surface area contributed by atoms with Gasteiger partial charge in [0.2, 0.25) is 10.0 Å². The molecule has 0 aromatic heterocycles. The average molecular weight is 322 g/mol. The molecule has 0 bridgehead atoms. The van der Waals surface area contributed by atoms with Crippen molar-refractivity contribution in [1.82, 2.24) is 4.72 Å². The SMILES string of the molecule is O=[N+]([O-])c1ccc(F)c(S(=O)(=O)NCCCOCCO)c1. The Kier molecular flexibility index (Phi) is 6.62. The number of hydrogen-bond acceptors (Lipinski definition) is 6. The fraction of sp³-hybridized carbons (Fsp3) is 0.455. The van der Waals surface area contributed by atoms with Gasteiger partial charge >= 0.3 is 0 Å². The van der Waals surface area contributed by atoms with Gasteiger partial charge in [-0.1, -0.05) is 0 Å². The van der Waals surface area contributed by atoms with Crippen molar-refractivity contribution in [3.63, 3.8) is 0 Å². The van der Waals surface area contributed by atoms with E-state index >= 15 is 0 Å². The van der Waals surface area contributed by atoms with Gasteiger partial charge in [0.15, 0.2) is 0 Å². The predicted octanol–water partition coefficient (Wildman–Crippen LogP) is 0.411. The molecule has 0 amide bonds. The number of nitro groups is 1. The molecule has 0 saturated heterocycles. The molecule has 21 heavy (non-hydrogen) atoms. The number of rotatable bonds is 9. The van der Waals surface area contributed by atoms with Crippen molar-refractivity contribution in [2.45, 2.75) is 11.3 Å². The summed E-state index contributed by atoms with van der Waals surface area (Å²) in [5.41, 5.74) is -0.511. The maximum Gasteiger partial charge on any atom is 0.270 e. The summed E-state index contributed by atoms with van der Waals surface area (Å²) < 4.78 is 44.3. The van der Waals surface area contributed by atoms with Crippen molar-refractivity contribution < 1.29 is 27.6 Å². The summed E-state index contributed by atoms with van der Waals surface area (Å²) in [6.45, 7) is 0.216. The van der Waals surface area contributed by atoms with Crippen molar-refractivity contribution in [3.8, 4) is 0 Å². The first-order valence-corrected chi connectivity index (χ1v) is 7.49. The van der Waals surface area contributed by atoms with Crippen LogP contribution in [-0.2, 0) is 14.8 Å². The molecule has 8 nitrogen and oxygen atoms in total. The number of nitrogens with zero attached hydrogens (tertiary/aromatic N) is 1. The van der Waals surface area contributed by atoms with Crippen molar-refractivity contribution >= 4 is 15.7 Å². The number of sulfonamides is 1. The van der Waals surface area contributed by atoms with E-state index in [-0.39, 0.29) is 26.4 Å². The van der Waals surface area contributed by atoms with Crippen LogP contribution in [0.15, 0.2) is 23.1 Å². The Morgan fingerprint density at radius 1 is 1.38 bits per heavy atom. The Balaban J connectivity index is 2.70. The number of non-ortho nitro benzene ring substituents is 1. The van der Waals surface area contributed by atoms with E-state index in [4.69, 9.17) is 9.84 Å². The zero-order valence-corrected chi connectivity index (χ0v) is 11.8. The van der Waals surface area contributed by atoms with Crippen LogP contribution < -0.4 is 4.72 Å². The molecular formula is C11H15FN2O6S. The van der Waals surface area contributed by atoms with Gasteiger partial charge in [-0.3, -0.25) is 10.1 Å². The molecule has 1 rings (SSSR count). The van der Waals surface area contributed by atoms with E-state index in [0.29, 0.717) is 12.5 Å². The van der Waals surface area contributed by atoms with Gasteiger partial charge in [0, 0.05) is 25.3 Å². The fourth-order valence-electron chi connectivity index (χ4n) is 1.44. The Hall–Kier alpha value is -1.62. The zero-order valence-electron chi connectivity index (χ0n) is 11.0. The summed E-state index contributed by atoms with van der Waals surface area (Å²) in [6.07, 6.45) is 0.315. The predicted molar refractivity (Wildman–Crippen MR) is 70.8 cm³/mol. The lowest BCUT2D eigenvalue weighted by Crippen LogP contribution is -2.26. The van der Waals surface area contributed by atoms with E-state index in [0.717, 1.165) is 12.1 Å². The van der Waals surface area contributed by atoms with E-state index in [1.807, 2.05) is 0 Å². The van der Waals surface area contributed by atoms with Crippen molar-refractivity contribution in [2.75, 3.05) is 26.4 Å². The largest absolute Gasteiger partial charge is 0.394 e. The van der Waals surface area contributed by atoms with Gasteiger partial charge in [-0.05, 0) is 12.5 Å². The third-order valence-electron chi connectivity index (χ3n) is 2.41. The smallest absolute Gasteiger partial charge is 0.270 e. The second-order valence-electron chi connectivity index (χ2n) is 3.96. The van der Waals surface area contributed by atoms with E-state index in [1.54, 1.807) is 0 Å². The minimum absolute atomic E-state index is 0.0180. The molecule has 0 saturated carbocycles. The Bertz CT molecular complexity index is 592. The van der Waals surface area contributed by atoms with Crippen LogP contribution in [-0.4, -0.2) is 44.8 Å². The Morgan fingerprint density at radius 3 is 2.71 bits per heavy atom. The van der Waals surface area contributed by atoms with E-state index in [1.165, 1.54) is 0 Å². The van der Waals surface area contributed by atoms with Gasteiger partial charge in [-0.25, -0.2) is 17.5 Å². The molecule has 1 aromatic carbocycles. The lowest BCUT2D eigenvalue weighted by Gasteiger charge is -2.07. The second-order valence-corrected chi connectivity index (χ2v) is 5.69. The summed E-state index contributed by atoms with van der Waals surface area (Å²) >= 11 is 0. The third-order valence-corrected chi connectivity index (χ3v) is 3.88. The van der Waals surface area contributed by atoms with Gasteiger partial charge < -0.3 is 9.84 Å². The molecular weight excluding hydrogens is 307 g/mol. The van der Waals surface area contributed by atoms with Gasteiger partial charge in [-0.2, -0.15) is 0 Å². The average Bonchev–Trinajstić information content (AvgIpc) is 2.42. The molecule has 2 N–H and O–H groups in total. The molecule has 0 aliphatic rings. The first kappa shape index (κ1) is 17.4. The standard InChI is InChI=1S/C11H15FN2O6S/c12-10-3-2-9(14(16)17)8-11(10)21(18,19)13-4-1-6-20-7-5-15/h2-3,8,13,15H,1,4-7H2. The van der Waals surface area contributed by atoms with Crippen LogP contribution in [0.3, 0.4) is 0 Å².